The molecule has 10 heteroatoms. The van der Waals surface area contributed by atoms with E-state index < -0.39 is 7.45 Å². The first-order valence-corrected chi connectivity index (χ1v) is 16.3. The maximum absolute atomic E-state index is 13.9. The molecule has 0 aromatic heterocycles. The molecule has 5 rings (SSSR count). The van der Waals surface area contributed by atoms with Crippen LogP contribution >= 0.6 is 25.3 Å². The van der Waals surface area contributed by atoms with Crippen LogP contribution in [0.15, 0.2) is 54.6 Å². The van der Waals surface area contributed by atoms with Gasteiger partial charge < -0.3 is 14.3 Å². The Morgan fingerprint density at radius 3 is 2.58 bits per heavy atom. The first-order valence-electron chi connectivity index (χ1n) is 11.8. The third-order valence-corrected chi connectivity index (χ3v) is 9.41. The molecule has 0 saturated heterocycles. The summed E-state index contributed by atoms with van der Waals surface area (Å²) in [6.45, 7) is 4.84. The highest BCUT2D eigenvalue weighted by molar-refractivity contribution is 8.43. The third-order valence-electron chi connectivity index (χ3n) is 6.81. The molecule has 3 aromatic carbocycles. The standard InChI is InChI=1S/C26H28N3O4P3/c1-3-17-9-18(11-20(10-17)29(31)32)15-33-25-13-24-22(8-16(25)2)26(30)28-21(14-27(24)36(34)35)12-19-6-4-5-7-23(19)28/h4-11,13,21H,3,12,14-15,34-35H2,1-2H3/t21-/m0/s1. The molecule has 0 saturated carbocycles. The lowest BCUT2D eigenvalue weighted by Gasteiger charge is -2.31. The number of benzene rings is 3. The van der Waals surface area contributed by atoms with Crippen molar-refractivity contribution in [1.29, 1.82) is 0 Å². The molecule has 0 N–H and O–H groups in total. The highest BCUT2D eigenvalue weighted by atomic mass is 32.4. The van der Waals surface area contributed by atoms with Crippen molar-refractivity contribution in [3.63, 3.8) is 0 Å². The Balaban J connectivity index is 1.50. The molecule has 2 heterocycles. The van der Waals surface area contributed by atoms with Crippen LogP contribution in [0, 0.1) is 17.0 Å². The molecule has 2 aliphatic rings. The summed E-state index contributed by atoms with van der Waals surface area (Å²) in [6.07, 6.45) is 1.54. The number of nitro groups is 1. The van der Waals surface area contributed by atoms with Gasteiger partial charge >= 0.3 is 0 Å². The predicted molar refractivity (Wildman–Crippen MR) is 152 cm³/mol. The third kappa shape index (κ3) is 4.61. The fourth-order valence-electron chi connectivity index (χ4n) is 5.04. The lowest BCUT2D eigenvalue weighted by molar-refractivity contribution is -0.385. The normalized spacial score (nSPS) is 16.5. The van der Waals surface area contributed by atoms with E-state index in [-0.39, 0.29) is 29.2 Å². The molecule has 186 valence electrons. The first-order chi connectivity index (χ1) is 17.3. The number of carbonyl (C=O) groups is 1. The molecule has 0 radical (unpaired) electrons. The second kappa shape index (κ2) is 10.1. The summed E-state index contributed by atoms with van der Waals surface area (Å²) in [5.41, 5.74) is 6.29. The molecule has 0 bridgehead atoms. The summed E-state index contributed by atoms with van der Waals surface area (Å²) in [5.74, 6) is 0.681. The fraction of sp³-hybridized carbons (Fsp3) is 0.269. The monoisotopic (exact) mass is 539 g/mol. The molecule has 2 unspecified atom stereocenters. The molecule has 36 heavy (non-hydrogen) atoms. The van der Waals surface area contributed by atoms with Crippen molar-refractivity contribution < 1.29 is 14.5 Å². The molecule has 3 aromatic rings. The van der Waals surface area contributed by atoms with Crippen LogP contribution in [0.25, 0.3) is 0 Å². The molecule has 7 nitrogen and oxygen atoms in total. The van der Waals surface area contributed by atoms with Crippen molar-refractivity contribution in [2.75, 3.05) is 16.1 Å². The number of ether oxygens (including phenoxy) is 1. The zero-order valence-electron chi connectivity index (χ0n) is 20.2. The van der Waals surface area contributed by atoms with E-state index in [1.165, 1.54) is 5.56 Å². The minimum Gasteiger partial charge on any atom is -0.489 e. The topological polar surface area (TPSA) is 75.9 Å². The number of anilines is 2. The lowest BCUT2D eigenvalue weighted by atomic mass is 10.1. The van der Waals surface area contributed by atoms with Gasteiger partial charge in [-0.3, -0.25) is 14.9 Å². The summed E-state index contributed by atoms with van der Waals surface area (Å²) in [7, 11) is 5.08. The van der Waals surface area contributed by atoms with E-state index in [1.54, 1.807) is 12.1 Å². The van der Waals surface area contributed by atoms with Gasteiger partial charge in [-0.25, -0.2) is 0 Å². The highest BCUT2D eigenvalue weighted by Gasteiger charge is 2.40. The van der Waals surface area contributed by atoms with Gasteiger partial charge in [-0.15, -0.1) is 0 Å². The number of rotatable bonds is 6. The minimum absolute atomic E-state index is 0.00946. The van der Waals surface area contributed by atoms with Crippen LogP contribution in [0.3, 0.4) is 0 Å². The van der Waals surface area contributed by atoms with Gasteiger partial charge in [-0.05, 0) is 54.2 Å². The Labute approximate surface area is 216 Å². The van der Waals surface area contributed by atoms with E-state index in [0.717, 1.165) is 41.0 Å². The van der Waals surface area contributed by atoms with Crippen molar-refractivity contribution >= 4 is 48.3 Å². The van der Waals surface area contributed by atoms with Gasteiger partial charge in [0.05, 0.1) is 22.2 Å². The van der Waals surface area contributed by atoms with E-state index in [0.29, 0.717) is 17.7 Å². The number of nitrogens with zero attached hydrogens (tertiary/aromatic N) is 3. The highest BCUT2D eigenvalue weighted by Crippen LogP contribution is 2.60. The number of hydrogen-bond donors (Lipinski definition) is 0. The van der Waals surface area contributed by atoms with Gasteiger partial charge in [0.2, 0.25) is 0 Å². The largest absolute Gasteiger partial charge is 0.489 e. The smallest absolute Gasteiger partial charge is 0.270 e. The molecule has 0 spiro atoms. The van der Waals surface area contributed by atoms with E-state index in [1.807, 2.05) is 55.1 Å². The number of para-hydroxylation sites is 1. The minimum atomic E-state index is -0.677. The zero-order chi connectivity index (χ0) is 25.6. The average Bonchev–Trinajstić information content (AvgIpc) is 3.18. The number of amides is 1. The summed E-state index contributed by atoms with van der Waals surface area (Å²) < 4.78 is 8.48. The number of hydrogen-bond acceptors (Lipinski definition) is 5. The van der Waals surface area contributed by atoms with Crippen molar-refractivity contribution in [3.8, 4) is 5.75 Å². The van der Waals surface area contributed by atoms with Gasteiger partial charge in [-0.1, -0.05) is 49.0 Å². The number of fused-ring (bicyclic) bond motifs is 4. The zero-order valence-corrected chi connectivity index (χ0v) is 23.4. The van der Waals surface area contributed by atoms with Crippen molar-refractivity contribution in [3.05, 3.63) is 92.5 Å². The Kier molecular flexibility index (Phi) is 7.01. The first kappa shape index (κ1) is 25.1. The fourth-order valence-corrected chi connectivity index (χ4v) is 7.15. The molecule has 1 amide bonds. The van der Waals surface area contributed by atoms with Crippen LogP contribution in [0.1, 0.15) is 39.5 Å². The van der Waals surface area contributed by atoms with E-state index >= 15 is 0 Å². The van der Waals surface area contributed by atoms with Crippen molar-refractivity contribution in [1.82, 2.24) is 0 Å². The maximum Gasteiger partial charge on any atom is 0.270 e. The molecule has 0 fully saturated rings. The molecule has 3 atom stereocenters. The molecule has 0 aliphatic carbocycles. The van der Waals surface area contributed by atoms with Crippen molar-refractivity contribution in [2.24, 2.45) is 0 Å². The van der Waals surface area contributed by atoms with Crippen LogP contribution in [-0.2, 0) is 19.4 Å². The Morgan fingerprint density at radius 1 is 1.11 bits per heavy atom. The SMILES string of the molecule is CCc1cc(COc2cc3c(cc2C)C(=O)N2c4ccccc4C[C@H]2CN3P(P)P)cc([N+](=O)[O-])c1. The Morgan fingerprint density at radius 2 is 1.86 bits per heavy atom. The van der Waals surface area contributed by atoms with Gasteiger partial charge in [0.25, 0.3) is 11.6 Å². The quantitative estimate of drug-likeness (QED) is 0.206. The van der Waals surface area contributed by atoms with Gasteiger partial charge in [0, 0.05) is 37.9 Å². The number of carbonyl (C=O) groups excluding carboxylic acids is 1. The second-order valence-electron chi connectivity index (χ2n) is 9.17. The summed E-state index contributed by atoms with van der Waals surface area (Å²) in [5, 5.41) is 11.4. The van der Waals surface area contributed by atoms with Gasteiger partial charge in [-0.2, -0.15) is 0 Å². The van der Waals surface area contributed by atoms with Crippen LogP contribution in [0.2, 0.25) is 0 Å². The number of nitro benzene ring substituents is 1. The maximum atomic E-state index is 13.9. The lowest BCUT2D eigenvalue weighted by Crippen LogP contribution is -2.40. The van der Waals surface area contributed by atoms with Crippen LogP contribution < -0.4 is 14.3 Å². The van der Waals surface area contributed by atoms with Crippen LogP contribution in [0.5, 0.6) is 5.75 Å². The summed E-state index contributed by atoms with van der Waals surface area (Å²) in [6, 6.07) is 17.2. The van der Waals surface area contributed by atoms with Gasteiger partial charge in [0.1, 0.15) is 12.4 Å². The van der Waals surface area contributed by atoms with Crippen LogP contribution in [-0.4, -0.2) is 23.4 Å². The number of aryl methyl sites for hydroxylation is 2. The number of non-ortho nitro benzene ring substituents is 1. The molecular weight excluding hydrogens is 511 g/mol. The summed E-state index contributed by atoms with van der Waals surface area (Å²) in [4.78, 5) is 26.8. The van der Waals surface area contributed by atoms with Gasteiger partial charge in [0.15, 0.2) is 0 Å². The second-order valence-corrected chi connectivity index (χ2v) is 15.4. The Bertz CT molecular complexity index is 1360. The average molecular weight is 539 g/mol. The Hall–Kier alpha value is -2.58. The summed E-state index contributed by atoms with van der Waals surface area (Å²) >= 11 is 0. The molecular formula is C26H28N3O4P3. The van der Waals surface area contributed by atoms with E-state index in [4.69, 9.17) is 4.74 Å². The van der Waals surface area contributed by atoms with E-state index in [9.17, 15) is 14.9 Å². The molecule has 2 aliphatic heterocycles. The van der Waals surface area contributed by atoms with Crippen molar-refractivity contribution in [2.45, 2.75) is 39.3 Å². The predicted octanol–water partition coefficient (Wildman–Crippen LogP) is 6.41. The van der Waals surface area contributed by atoms with E-state index in [2.05, 4.69) is 28.6 Å². The van der Waals surface area contributed by atoms with Crippen LogP contribution in [0.4, 0.5) is 17.1 Å².